The number of benzene rings is 1. The summed E-state index contributed by atoms with van der Waals surface area (Å²) in [6.45, 7) is 1.46. The van der Waals surface area contributed by atoms with Crippen molar-refractivity contribution < 1.29 is 9.53 Å². The third-order valence-corrected chi connectivity index (χ3v) is 4.05. The monoisotopic (exact) mass is 362 g/mol. The van der Waals surface area contributed by atoms with Crippen molar-refractivity contribution in [3.05, 3.63) is 52.4 Å². The predicted octanol–water partition coefficient (Wildman–Crippen LogP) is 2.03. The zero-order valence-corrected chi connectivity index (χ0v) is 13.4. The van der Waals surface area contributed by atoms with Crippen molar-refractivity contribution in [2.75, 3.05) is 25.4 Å². The van der Waals surface area contributed by atoms with E-state index in [4.69, 9.17) is 10.5 Å². The molecule has 1 aliphatic heterocycles. The van der Waals surface area contributed by atoms with Crippen LogP contribution in [0.5, 0.6) is 0 Å². The minimum absolute atomic E-state index is 0.149. The van der Waals surface area contributed by atoms with Gasteiger partial charge in [0.2, 0.25) is 0 Å². The van der Waals surface area contributed by atoms with Crippen LogP contribution in [-0.2, 0) is 4.74 Å². The maximum atomic E-state index is 12.5. The molecule has 0 bridgehead atoms. The normalized spacial score (nSPS) is 18.2. The first kappa shape index (κ1) is 14.9. The fourth-order valence-corrected chi connectivity index (χ4v) is 2.64. The van der Waals surface area contributed by atoms with Gasteiger partial charge in [0.05, 0.1) is 13.2 Å². The summed E-state index contributed by atoms with van der Waals surface area (Å²) in [6, 6.07) is 7.89. The molecule has 22 heavy (non-hydrogen) atoms. The number of nitrogens with two attached hydrogens (primary N) is 1. The average Bonchev–Trinajstić information content (AvgIpc) is 2.55. The fraction of sp³-hybridized carbons (Fsp3) is 0.267. The molecular weight excluding hydrogens is 348 g/mol. The number of carbonyl (C=O) groups is 1. The molecule has 1 fully saturated rings. The van der Waals surface area contributed by atoms with Gasteiger partial charge in [-0.2, -0.15) is 0 Å². The van der Waals surface area contributed by atoms with E-state index in [1.807, 2.05) is 24.3 Å². The van der Waals surface area contributed by atoms with E-state index in [0.717, 1.165) is 10.0 Å². The number of aromatic nitrogens is 2. The van der Waals surface area contributed by atoms with E-state index in [1.165, 1.54) is 12.4 Å². The summed E-state index contributed by atoms with van der Waals surface area (Å²) in [5, 5.41) is 0. The Morgan fingerprint density at radius 3 is 2.73 bits per heavy atom. The van der Waals surface area contributed by atoms with Gasteiger partial charge in [-0.15, -0.1) is 0 Å². The van der Waals surface area contributed by atoms with Crippen LogP contribution >= 0.6 is 15.9 Å². The summed E-state index contributed by atoms with van der Waals surface area (Å²) in [5.41, 5.74) is 6.96. The highest BCUT2D eigenvalue weighted by molar-refractivity contribution is 9.10. The highest BCUT2D eigenvalue weighted by atomic mass is 79.9. The Morgan fingerprint density at radius 1 is 1.27 bits per heavy atom. The maximum Gasteiger partial charge on any atom is 0.276 e. The predicted molar refractivity (Wildman–Crippen MR) is 85.2 cm³/mol. The molecule has 1 amide bonds. The van der Waals surface area contributed by atoms with E-state index in [-0.39, 0.29) is 23.5 Å². The van der Waals surface area contributed by atoms with Gasteiger partial charge in [0.1, 0.15) is 6.10 Å². The lowest BCUT2D eigenvalue weighted by molar-refractivity contribution is -0.0230. The van der Waals surface area contributed by atoms with Crippen molar-refractivity contribution in [2.45, 2.75) is 6.10 Å². The van der Waals surface area contributed by atoms with Gasteiger partial charge in [-0.1, -0.05) is 28.1 Å². The van der Waals surface area contributed by atoms with Gasteiger partial charge in [0, 0.05) is 23.4 Å². The Balaban J connectivity index is 1.77. The first-order valence-electron chi connectivity index (χ1n) is 6.88. The molecular formula is C15H15BrN4O2. The molecule has 1 aromatic carbocycles. The zero-order valence-electron chi connectivity index (χ0n) is 11.8. The highest BCUT2D eigenvalue weighted by Gasteiger charge is 2.28. The van der Waals surface area contributed by atoms with Crippen LogP contribution in [0.3, 0.4) is 0 Å². The van der Waals surface area contributed by atoms with Crippen LogP contribution in [0.25, 0.3) is 0 Å². The Kier molecular flexibility index (Phi) is 4.35. The molecule has 0 spiro atoms. The Morgan fingerprint density at radius 2 is 2.00 bits per heavy atom. The van der Waals surface area contributed by atoms with Crippen molar-refractivity contribution in [1.29, 1.82) is 0 Å². The summed E-state index contributed by atoms with van der Waals surface area (Å²) in [7, 11) is 0. The van der Waals surface area contributed by atoms with Gasteiger partial charge >= 0.3 is 0 Å². The summed E-state index contributed by atoms with van der Waals surface area (Å²) in [6.07, 6.45) is 2.79. The summed E-state index contributed by atoms with van der Waals surface area (Å²) >= 11 is 3.41. The van der Waals surface area contributed by atoms with Crippen LogP contribution in [0.15, 0.2) is 41.1 Å². The SMILES string of the molecule is Nc1nccnc1C(=O)N1CCOC(c2ccc(Br)cc2)C1. The van der Waals surface area contributed by atoms with Crippen molar-refractivity contribution in [3.8, 4) is 0 Å². The molecule has 114 valence electrons. The summed E-state index contributed by atoms with van der Waals surface area (Å²) in [5.74, 6) is -0.0600. The molecule has 7 heteroatoms. The van der Waals surface area contributed by atoms with Gasteiger partial charge in [0.25, 0.3) is 5.91 Å². The first-order chi connectivity index (χ1) is 10.6. The summed E-state index contributed by atoms with van der Waals surface area (Å²) in [4.78, 5) is 22.2. The third kappa shape index (κ3) is 3.10. The molecule has 1 saturated heterocycles. The molecule has 0 radical (unpaired) electrons. The fourth-order valence-electron chi connectivity index (χ4n) is 2.38. The Hall–Kier alpha value is -1.99. The second kappa shape index (κ2) is 6.41. The Labute approximate surface area is 136 Å². The van der Waals surface area contributed by atoms with E-state index < -0.39 is 0 Å². The quantitative estimate of drug-likeness (QED) is 0.883. The Bertz CT molecular complexity index is 677. The molecule has 1 atom stereocenters. The van der Waals surface area contributed by atoms with Crippen LogP contribution in [0, 0.1) is 0 Å². The largest absolute Gasteiger partial charge is 0.382 e. The molecule has 1 aromatic heterocycles. The first-order valence-corrected chi connectivity index (χ1v) is 7.67. The van der Waals surface area contributed by atoms with Crippen molar-refractivity contribution in [3.63, 3.8) is 0 Å². The number of morpholine rings is 1. The van der Waals surface area contributed by atoms with Crippen molar-refractivity contribution >= 4 is 27.7 Å². The second-order valence-electron chi connectivity index (χ2n) is 4.95. The van der Waals surface area contributed by atoms with Gasteiger partial charge in [-0.05, 0) is 17.7 Å². The lowest BCUT2D eigenvalue weighted by Crippen LogP contribution is -2.42. The van der Waals surface area contributed by atoms with E-state index in [2.05, 4.69) is 25.9 Å². The molecule has 6 nitrogen and oxygen atoms in total. The minimum Gasteiger partial charge on any atom is -0.382 e. The summed E-state index contributed by atoms with van der Waals surface area (Å²) < 4.78 is 6.78. The van der Waals surface area contributed by atoms with E-state index in [1.54, 1.807) is 4.90 Å². The van der Waals surface area contributed by atoms with Crippen LogP contribution in [-0.4, -0.2) is 40.5 Å². The number of hydrogen-bond acceptors (Lipinski definition) is 5. The highest BCUT2D eigenvalue weighted by Crippen LogP contribution is 2.24. The van der Waals surface area contributed by atoms with Gasteiger partial charge in [-0.3, -0.25) is 4.79 Å². The lowest BCUT2D eigenvalue weighted by atomic mass is 10.1. The number of carbonyl (C=O) groups excluding carboxylic acids is 1. The number of rotatable bonds is 2. The third-order valence-electron chi connectivity index (χ3n) is 3.52. The number of amides is 1. The van der Waals surface area contributed by atoms with E-state index in [0.29, 0.717) is 19.7 Å². The number of nitrogen functional groups attached to an aromatic ring is 1. The maximum absolute atomic E-state index is 12.5. The number of nitrogens with zero attached hydrogens (tertiary/aromatic N) is 3. The van der Waals surface area contributed by atoms with Crippen LogP contribution < -0.4 is 5.73 Å². The van der Waals surface area contributed by atoms with E-state index in [9.17, 15) is 4.79 Å². The smallest absolute Gasteiger partial charge is 0.276 e. The molecule has 3 rings (SSSR count). The average molecular weight is 363 g/mol. The lowest BCUT2D eigenvalue weighted by Gasteiger charge is -2.33. The zero-order chi connectivity index (χ0) is 15.5. The van der Waals surface area contributed by atoms with Gasteiger partial charge in [0.15, 0.2) is 11.5 Å². The molecule has 2 heterocycles. The van der Waals surface area contributed by atoms with E-state index >= 15 is 0 Å². The van der Waals surface area contributed by atoms with Crippen LogP contribution in [0.2, 0.25) is 0 Å². The van der Waals surface area contributed by atoms with Crippen molar-refractivity contribution in [1.82, 2.24) is 14.9 Å². The van der Waals surface area contributed by atoms with Gasteiger partial charge < -0.3 is 15.4 Å². The number of halogens is 1. The van der Waals surface area contributed by atoms with Gasteiger partial charge in [-0.25, -0.2) is 9.97 Å². The van der Waals surface area contributed by atoms with Crippen LogP contribution in [0.4, 0.5) is 5.82 Å². The standard InChI is InChI=1S/C15H15BrN4O2/c16-11-3-1-10(2-4-11)12-9-20(7-8-22-12)15(21)13-14(17)19-6-5-18-13/h1-6,12H,7-9H2,(H2,17,19). The topological polar surface area (TPSA) is 81.3 Å². The molecule has 0 saturated carbocycles. The molecule has 2 aromatic rings. The number of hydrogen-bond donors (Lipinski definition) is 1. The number of ether oxygens (including phenoxy) is 1. The van der Waals surface area contributed by atoms with Crippen LogP contribution in [0.1, 0.15) is 22.2 Å². The van der Waals surface area contributed by atoms with Crippen molar-refractivity contribution in [2.24, 2.45) is 0 Å². The molecule has 1 aliphatic rings. The molecule has 0 aliphatic carbocycles. The molecule has 1 unspecified atom stereocenters. The second-order valence-corrected chi connectivity index (χ2v) is 5.87. The number of anilines is 1. The minimum atomic E-state index is -0.212. The molecule has 2 N–H and O–H groups in total.